The molecule has 1 atom stereocenters. The van der Waals surface area contributed by atoms with Crippen LogP contribution in [0.4, 0.5) is 10.1 Å². The van der Waals surface area contributed by atoms with Gasteiger partial charge in [0, 0.05) is 17.9 Å². The monoisotopic (exact) mass is 378 g/mol. The molecule has 0 radical (unpaired) electrons. The van der Waals surface area contributed by atoms with Crippen molar-refractivity contribution < 1.29 is 9.18 Å². The standard InChI is InChI=1S/C22H23FN4O/c1-15-20(25-14-24-15)13-27-11-3-6-21(27)22(28)26-19-5-2-4-17(12-19)16-7-9-18(23)10-8-16/h2,4-5,7-10,12,14,21H,3,6,11,13H2,1H3,(H,24,25)(H,26,28)/t21-/m1/s1. The summed E-state index contributed by atoms with van der Waals surface area (Å²) in [5, 5.41) is 3.05. The van der Waals surface area contributed by atoms with Crippen molar-refractivity contribution in [2.45, 2.75) is 32.4 Å². The maximum atomic E-state index is 13.2. The maximum Gasteiger partial charge on any atom is 0.241 e. The van der Waals surface area contributed by atoms with Crippen LogP contribution in [0, 0.1) is 12.7 Å². The molecule has 2 heterocycles. The molecule has 4 rings (SSSR count). The molecule has 2 N–H and O–H groups in total. The second-order valence-electron chi connectivity index (χ2n) is 7.18. The van der Waals surface area contributed by atoms with Crippen molar-refractivity contribution in [3.8, 4) is 11.1 Å². The lowest BCUT2D eigenvalue weighted by atomic mass is 10.0. The number of anilines is 1. The Kier molecular flexibility index (Phi) is 5.21. The van der Waals surface area contributed by atoms with Gasteiger partial charge in [0.25, 0.3) is 0 Å². The Labute approximate surface area is 163 Å². The van der Waals surface area contributed by atoms with E-state index in [9.17, 15) is 9.18 Å². The Bertz CT molecular complexity index is 967. The summed E-state index contributed by atoms with van der Waals surface area (Å²) in [6.45, 7) is 3.55. The number of aromatic amines is 1. The van der Waals surface area contributed by atoms with Crippen LogP contribution in [0.3, 0.4) is 0 Å². The minimum Gasteiger partial charge on any atom is -0.348 e. The minimum absolute atomic E-state index is 0.00180. The zero-order valence-electron chi connectivity index (χ0n) is 15.8. The topological polar surface area (TPSA) is 61.0 Å². The van der Waals surface area contributed by atoms with E-state index in [1.54, 1.807) is 18.5 Å². The summed E-state index contributed by atoms with van der Waals surface area (Å²) in [7, 11) is 0. The van der Waals surface area contributed by atoms with Gasteiger partial charge in [-0.1, -0.05) is 24.3 Å². The molecule has 0 aliphatic carbocycles. The van der Waals surface area contributed by atoms with Gasteiger partial charge >= 0.3 is 0 Å². The first-order valence-electron chi connectivity index (χ1n) is 9.50. The lowest BCUT2D eigenvalue weighted by Crippen LogP contribution is -2.39. The number of amides is 1. The van der Waals surface area contributed by atoms with Crippen molar-refractivity contribution in [3.63, 3.8) is 0 Å². The molecule has 1 amide bonds. The Morgan fingerprint density at radius 1 is 1.25 bits per heavy atom. The molecule has 28 heavy (non-hydrogen) atoms. The van der Waals surface area contributed by atoms with Crippen LogP contribution in [-0.2, 0) is 11.3 Å². The van der Waals surface area contributed by atoms with Crippen LogP contribution in [-0.4, -0.2) is 33.4 Å². The molecular formula is C22H23FN4O. The first-order chi connectivity index (χ1) is 13.6. The zero-order chi connectivity index (χ0) is 19.5. The zero-order valence-corrected chi connectivity index (χ0v) is 15.8. The van der Waals surface area contributed by atoms with Gasteiger partial charge in [-0.2, -0.15) is 0 Å². The van der Waals surface area contributed by atoms with Gasteiger partial charge in [-0.15, -0.1) is 0 Å². The highest BCUT2D eigenvalue weighted by molar-refractivity contribution is 5.95. The molecule has 0 spiro atoms. The summed E-state index contributed by atoms with van der Waals surface area (Å²) in [4.78, 5) is 22.5. The van der Waals surface area contributed by atoms with Crippen LogP contribution in [0.1, 0.15) is 24.2 Å². The van der Waals surface area contributed by atoms with Crippen molar-refractivity contribution in [2.24, 2.45) is 0 Å². The van der Waals surface area contributed by atoms with Crippen molar-refractivity contribution >= 4 is 11.6 Å². The fourth-order valence-corrected chi connectivity index (χ4v) is 3.70. The molecule has 3 aromatic rings. The largest absolute Gasteiger partial charge is 0.348 e. The first-order valence-corrected chi connectivity index (χ1v) is 9.50. The maximum absolute atomic E-state index is 13.2. The van der Waals surface area contributed by atoms with Gasteiger partial charge in [-0.05, 0) is 61.7 Å². The number of nitrogens with zero attached hydrogens (tertiary/aromatic N) is 2. The van der Waals surface area contributed by atoms with E-state index in [4.69, 9.17) is 0 Å². The number of nitrogens with one attached hydrogen (secondary N) is 2. The van der Waals surface area contributed by atoms with Gasteiger partial charge < -0.3 is 10.3 Å². The minimum atomic E-state index is -0.262. The summed E-state index contributed by atoms with van der Waals surface area (Å²) < 4.78 is 13.2. The molecule has 2 aromatic carbocycles. The van der Waals surface area contributed by atoms with E-state index < -0.39 is 0 Å². The van der Waals surface area contributed by atoms with Crippen LogP contribution in [0.25, 0.3) is 11.1 Å². The fraction of sp³-hybridized carbons (Fsp3) is 0.273. The van der Waals surface area contributed by atoms with Gasteiger partial charge in [0.05, 0.1) is 18.1 Å². The lowest BCUT2D eigenvalue weighted by Gasteiger charge is -2.23. The number of carbonyl (C=O) groups is 1. The molecule has 6 heteroatoms. The Balaban J connectivity index is 1.46. The molecule has 1 saturated heterocycles. The molecule has 5 nitrogen and oxygen atoms in total. The van der Waals surface area contributed by atoms with E-state index in [0.717, 1.165) is 47.6 Å². The number of halogens is 1. The van der Waals surface area contributed by atoms with Crippen molar-refractivity contribution in [1.29, 1.82) is 0 Å². The van der Waals surface area contributed by atoms with Crippen LogP contribution >= 0.6 is 0 Å². The number of benzene rings is 2. The predicted molar refractivity (Wildman–Crippen MR) is 107 cm³/mol. The normalized spacial score (nSPS) is 17.0. The fourth-order valence-electron chi connectivity index (χ4n) is 3.70. The number of hydrogen-bond donors (Lipinski definition) is 2. The molecule has 144 valence electrons. The number of imidazole rings is 1. The van der Waals surface area contributed by atoms with Crippen molar-refractivity contribution in [3.05, 3.63) is 72.1 Å². The number of likely N-dealkylation sites (tertiary alicyclic amines) is 1. The molecule has 1 aromatic heterocycles. The number of aromatic nitrogens is 2. The summed E-state index contributed by atoms with van der Waals surface area (Å²) in [6, 6.07) is 13.8. The highest BCUT2D eigenvalue weighted by atomic mass is 19.1. The van der Waals surface area contributed by atoms with E-state index >= 15 is 0 Å². The molecule has 1 aliphatic rings. The van der Waals surface area contributed by atoms with Crippen molar-refractivity contribution in [1.82, 2.24) is 14.9 Å². The van der Waals surface area contributed by atoms with Crippen LogP contribution < -0.4 is 5.32 Å². The number of rotatable bonds is 5. The lowest BCUT2D eigenvalue weighted by molar-refractivity contribution is -0.120. The molecule has 1 fully saturated rings. The number of carbonyl (C=O) groups excluding carboxylic acids is 1. The van der Waals surface area contributed by atoms with Crippen LogP contribution in [0.2, 0.25) is 0 Å². The summed E-state index contributed by atoms with van der Waals surface area (Å²) in [5.41, 5.74) is 4.62. The third-order valence-corrected chi connectivity index (χ3v) is 5.26. The molecule has 1 aliphatic heterocycles. The van der Waals surface area contributed by atoms with E-state index in [1.165, 1.54) is 12.1 Å². The van der Waals surface area contributed by atoms with Gasteiger partial charge in [0.15, 0.2) is 0 Å². The third-order valence-electron chi connectivity index (χ3n) is 5.26. The van der Waals surface area contributed by atoms with Crippen molar-refractivity contribution in [2.75, 3.05) is 11.9 Å². The van der Waals surface area contributed by atoms with E-state index in [1.807, 2.05) is 31.2 Å². The number of hydrogen-bond acceptors (Lipinski definition) is 3. The average molecular weight is 378 g/mol. The second kappa shape index (κ2) is 7.94. The van der Waals surface area contributed by atoms with E-state index in [0.29, 0.717) is 6.54 Å². The number of aryl methyl sites for hydroxylation is 1. The Morgan fingerprint density at radius 2 is 2.07 bits per heavy atom. The van der Waals surface area contributed by atoms with Crippen LogP contribution in [0.5, 0.6) is 0 Å². The molecule has 0 saturated carbocycles. The third kappa shape index (κ3) is 3.97. The van der Waals surface area contributed by atoms with Gasteiger partial charge in [-0.3, -0.25) is 9.69 Å². The Morgan fingerprint density at radius 3 is 2.82 bits per heavy atom. The van der Waals surface area contributed by atoms with E-state index in [2.05, 4.69) is 20.2 Å². The SMILES string of the molecule is Cc1[nH]cnc1CN1CCC[C@@H]1C(=O)Nc1cccc(-c2ccc(F)cc2)c1. The van der Waals surface area contributed by atoms with E-state index in [-0.39, 0.29) is 17.8 Å². The van der Waals surface area contributed by atoms with Gasteiger partial charge in [-0.25, -0.2) is 9.37 Å². The number of H-pyrrole nitrogens is 1. The summed E-state index contributed by atoms with van der Waals surface area (Å²) in [5.74, 6) is -0.261. The van der Waals surface area contributed by atoms with Gasteiger partial charge in [0.1, 0.15) is 5.82 Å². The first kappa shape index (κ1) is 18.4. The second-order valence-corrected chi connectivity index (χ2v) is 7.18. The molecule has 0 bridgehead atoms. The predicted octanol–water partition coefficient (Wildman–Crippen LogP) is 4.13. The van der Waals surface area contributed by atoms with Crippen LogP contribution in [0.15, 0.2) is 54.9 Å². The smallest absolute Gasteiger partial charge is 0.241 e. The van der Waals surface area contributed by atoms with Gasteiger partial charge in [0.2, 0.25) is 5.91 Å². The summed E-state index contributed by atoms with van der Waals surface area (Å²) >= 11 is 0. The highest BCUT2D eigenvalue weighted by Crippen LogP contribution is 2.25. The Hall–Kier alpha value is -2.99. The summed E-state index contributed by atoms with van der Waals surface area (Å²) in [6.07, 6.45) is 3.53. The molecular weight excluding hydrogens is 355 g/mol. The highest BCUT2D eigenvalue weighted by Gasteiger charge is 2.31. The quantitative estimate of drug-likeness (QED) is 0.702. The average Bonchev–Trinajstić information content (AvgIpc) is 3.32. The molecule has 0 unspecified atom stereocenters.